The molecule has 1 amide bonds. The molecule has 2 rings (SSSR count). The van der Waals surface area contributed by atoms with E-state index in [1.165, 1.54) is 10.3 Å². The Morgan fingerprint density at radius 2 is 2.35 bits per heavy atom. The van der Waals surface area contributed by atoms with E-state index >= 15 is 0 Å². The molecule has 0 N–H and O–H groups in total. The fraction of sp³-hybridized carbons (Fsp3) is 0.500. The standard InChI is InChI=1S/C12H13ClN2O4S/c1-2-19-11(18)10(17)8-6-20-12(14-8)15-5-7(4-13)3-9(15)16/h6-7H,2-5H2,1H3. The van der Waals surface area contributed by atoms with Crippen LogP contribution in [0.4, 0.5) is 5.13 Å². The molecule has 1 saturated heterocycles. The number of Topliss-reactive ketones (excluding diaryl/α,β-unsaturated/α-hetero) is 1. The van der Waals surface area contributed by atoms with E-state index in [9.17, 15) is 14.4 Å². The first-order valence-corrected chi connectivity index (χ1v) is 7.51. The number of ether oxygens (including phenoxy) is 1. The lowest BCUT2D eigenvalue weighted by Gasteiger charge is -2.11. The first kappa shape index (κ1) is 14.9. The van der Waals surface area contributed by atoms with Crippen LogP contribution < -0.4 is 4.90 Å². The van der Waals surface area contributed by atoms with Crippen molar-refractivity contribution in [1.29, 1.82) is 0 Å². The van der Waals surface area contributed by atoms with Gasteiger partial charge in [0.1, 0.15) is 5.69 Å². The van der Waals surface area contributed by atoms with Crippen LogP contribution in [-0.4, -0.2) is 41.7 Å². The number of hydrogen-bond donors (Lipinski definition) is 0. The maximum atomic E-state index is 11.8. The Morgan fingerprint density at radius 1 is 1.60 bits per heavy atom. The van der Waals surface area contributed by atoms with Crippen LogP contribution in [-0.2, 0) is 14.3 Å². The second kappa shape index (κ2) is 6.32. The van der Waals surface area contributed by atoms with E-state index in [1.54, 1.807) is 6.92 Å². The van der Waals surface area contributed by atoms with Crippen molar-refractivity contribution in [3.8, 4) is 0 Å². The van der Waals surface area contributed by atoms with Crippen LogP contribution >= 0.6 is 22.9 Å². The van der Waals surface area contributed by atoms with Gasteiger partial charge in [0, 0.05) is 24.2 Å². The van der Waals surface area contributed by atoms with Crippen molar-refractivity contribution in [3.05, 3.63) is 11.1 Å². The maximum Gasteiger partial charge on any atom is 0.381 e. The summed E-state index contributed by atoms with van der Waals surface area (Å²) in [4.78, 5) is 40.4. The van der Waals surface area contributed by atoms with Gasteiger partial charge in [-0.25, -0.2) is 9.78 Å². The first-order valence-electron chi connectivity index (χ1n) is 6.10. The summed E-state index contributed by atoms with van der Waals surface area (Å²) >= 11 is 6.90. The number of nitrogens with zero attached hydrogens (tertiary/aromatic N) is 2. The summed E-state index contributed by atoms with van der Waals surface area (Å²) in [5.74, 6) is -1.30. The minimum absolute atomic E-state index is 0.00516. The molecule has 0 aromatic carbocycles. The monoisotopic (exact) mass is 316 g/mol. The number of anilines is 1. The van der Waals surface area contributed by atoms with Crippen LogP contribution in [0.5, 0.6) is 0 Å². The van der Waals surface area contributed by atoms with Gasteiger partial charge in [-0.05, 0) is 12.8 Å². The van der Waals surface area contributed by atoms with E-state index in [0.717, 1.165) is 11.3 Å². The van der Waals surface area contributed by atoms with Crippen molar-refractivity contribution in [3.63, 3.8) is 0 Å². The number of alkyl halides is 1. The van der Waals surface area contributed by atoms with Crippen molar-refractivity contribution in [1.82, 2.24) is 4.98 Å². The Bertz CT molecular complexity index is 545. The molecule has 8 heteroatoms. The highest BCUT2D eigenvalue weighted by Gasteiger charge is 2.32. The van der Waals surface area contributed by atoms with Crippen LogP contribution in [0.15, 0.2) is 5.38 Å². The van der Waals surface area contributed by atoms with E-state index in [0.29, 0.717) is 24.0 Å². The molecular weight excluding hydrogens is 304 g/mol. The van der Waals surface area contributed by atoms with E-state index in [-0.39, 0.29) is 24.1 Å². The summed E-state index contributed by atoms with van der Waals surface area (Å²) in [6, 6.07) is 0. The number of thiazole rings is 1. The van der Waals surface area contributed by atoms with Crippen molar-refractivity contribution >= 4 is 45.7 Å². The Morgan fingerprint density at radius 3 is 2.95 bits per heavy atom. The molecule has 0 bridgehead atoms. The third-order valence-electron chi connectivity index (χ3n) is 2.84. The lowest BCUT2D eigenvalue weighted by Crippen LogP contribution is -2.25. The Hall–Kier alpha value is -1.47. The zero-order valence-corrected chi connectivity index (χ0v) is 12.4. The fourth-order valence-electron chi connectivity index (χ4n) is 1.86. The number of hydrogen-bond acceptors (Lipinski definition) is 6. The second-order valence-corrected chi connectivity index (χ2v) is 5.44. The quantitative estimate of drug-likeness (QED) is 0.356. The van der Waals surface area contributed by atoms with Gasteiger partial charge >= 0.3 is 5.97 Å². The summed E-state index contributed by atoms with van der Waals surface area (Å²) < 4.78 is 4.63. The SMILES string of the molecule is CCOC(=O)C(=O)c1csc(N2CC(CCl)CC2=O)n1. The molecule has 6 nitrogen and oxygen atoms in total. The number of ketones is 1. The summed E-state index contributed by atoms with van der Waals surface area (Å²) in [6.07, 6.45) is 0.379. The van der Waals surface area contributed by atoms with E-state index < -0.39 is 11.8 Å². The molecule has 1 aliphatic heterocycles. The number of aromatic nitrogens is 1. The van der Waals surface area contributed by atoms with Gasteiger partial charge in [-0.1, -0.05) is 0 Å². The Kier molecular flexibility index (Phi) is 4.72. The third kappa shape index (κ3) is 2.99. The van der Waals surface area contributed by atoms with Gasteiger partial charge in [0.05, 0.1) is 6.61 Å². The lowest BCUT2D eigenvalue weighted by atomic mass is 10.2. The van der Waals surface area contributed by atoms with Gasteiger partial charge in [0.2, 0.25) is 5.91 Å². The molecule has 108 valence electrons. The minimum Gasteiger partial charge on any atom is -0.460 e. The van der Waals surface area contributed by atoms with Gasteiger partial charge in [-0.2, -0.15) is 0 Å². The molecular formula is C12H13ClN2O4S. The van der Waals surface area contributed by atoms with Gasteiger partial charge in [-0.15, -0.1) is 22.9 Å². The van der Waals surface area contributed by atoms with E-state index in [4.69, 9.17) is 11.6 Å². The molecule has 0 saturated carbocycles. The van der Waals surface area contributed by atoms with Crippen LogP contribution in [0, 0.1) is 5.92 Å². The average Bonchev–Trinajstić information content (AvgIpc) is 3.04. The number of halogens is 1. The predicted octanol–water partition coefficient (Wildman–Crippen LogP) is 1.48. The maximum absolute atomic E-state index is 11.8. The first-order chi connectivity index (χ1) is 9.56. The van der Waals surface area contributed by atoms with E-state index in [1.807, 2.05) is 0 Å². The normalized spacial score (nSPS) is 18.4. The largest absolute Gasteiger partial charge is 0.460 e. The number of carbonyl (C=O) groups excluding carboxylic acids is 3. The van der Waals surface area contributed by atoms with Gasteiger partial charge < -0.3 is 4.74 Å². The van der Waals surface area contributed by atoms with Crippen LogP contribution in [0.3, 0.4) is 0 Å². The molecule has 0 aliphatic carbocycles. The highest BCUT2D eigenvalue weighted by Crippen LogP contribution is 2.28. The van der Waals surface area contributed by atoms with Crippen LogP contribution in [0.2, 0.25) is 0 Å². The number of esters is 1. The highest BCUT2D eigenvalue weighted by atomic mass is 35.5. The molecule has 0 radical (unpaired) electrons. The molecule has 20 heavy (non-hydrogen) atoms. The van der Waals surface area contributed by atoms with Gasteiger partial charge in [-0.3, -0.25) is 14.5 Å². The van der Waals surface area contributed by atoms with Crippen LogP contribution in [0.25, 0.3) is 0 Å². The number of carbonyl (C=O) groups is 3. The van der Waals surface area contributed by atoms with Crippen molar-refractivity contribution in [2.75, 3.05) is 23.9 Å². The second-order valence-electron chi connectivity index (χ2n) is 4.29. The molecule has 1 atom stereocenters. The van der Waals surface area contributed by atoms with E-state index in [2.05, 4.69) is 9.72 Å². The molecule has 1 aromatic rings. The summed E-state index contributed by atoms with van der Waals surface area (Å²) in [5, 5.41) is 1.87. The average molecular weight is 317 g/mol. The van der Waals surface area contributed by atoms with Crippen LogP contribution in [0.1, 0.15) is 23.8 Å². The number of amides is 1. The highest BCUT2D eigenvalue weighted by molar-refractivity contribution is 7.14. The zero-order valence-electron chi connectivity index (χ0n) is 10.8. The predicted molar refractivity (Wildman–Crippen MR) is 74.3 cm³/mol. The van der Waals surface area contributed by atoms with Crippen molar-refractivity contribution in [2.24, 2.45) is 5.92 Å². The van der Waals surface area contributed by atoms with Crippen molar-refractivity contribution < 1.29 is 19.1 Å². The Labute approximate surface area is 124 Å². The lowest BCUT2D eigenvalue weighted by molar-refractivity contribution is -0.137. The van der Waals surface area contributed by atoms with Gasteiger partial charge in [0.15, 0.2) is 5.13 Å². The fourth-order valence-corrected chi connectivity index (χ4v) is 2.90. The molecule has 1 aromatic heterocycles. The third-order valence-corrected chi connectivity index (χ3v) is 4.14. The number of rotatable bonds is 5. The smallest absolute Gasteiger partial charge is 0.381 e. The molecule has 1 aliphatic rings. The van der Waals surface area contributed by atoms with Gasteiger partial charge in [0.25, 0.3) is 5.78 Å². The zero-order chi connectivity index (χ0) is 14.7. The summed E-state index contributed by atoms with van der Waals surface area (Å²) in [5.41, 5.74) is 0.00516. The topological polar surface area (TPSA) is 76.6 Å². The summed E-state index contributed by atoms with van der Waals surface area (Å²) in [7, 11) is 0. The van der Waals surface area contributed by atoms with Crippen molar-refractivity contribution in [2.45, 2.75) is 13.3 Å². The molecule has 1 unspecified atom stereocenters. The molecule has 1 fully saturated rings. The summed E-state index contributed by atoms with van der Waals surface area (Å²) in [6.45, 7) is 2.24. The molecule has 0 spiro atoms. The minimum atomic E-state index is -0.935. The Balaban J connectivity index is 2.11. The molecule has 2 heterocycles.